The molecule has 3 rings (SSSR count). The number of piperazine rings is 1. The van der Waals surface area contributed by atoms with Crippen LogP contribution >= 0.6 is 0 Å². The van der Waals surface area contributed by atoms with Crippen molar-refractivity contribution in [3.8, 4) is 0 Å². The van der Waals surface area contributed by atoms with Gasteiger partial charge in [-0.25, -0.2) is 0 Å². The number of nitrogens with zero attached hydrogens (tertiary/aromatic N) is 3. The van der Waals surface area contributed by atoms with E-state index in [0.717, 1.165) is 55.5 Å². The first-order chi connectivity index (χ1) is 11.5. The van der Waals surface area contributed by atoms with Gasteiger partial charge in [0.1, 0.15) is 17.3 Å². The molecule has 0 saturated carbocycles. The third kappa shape index (κ3) is 3.76. The van der Waals surface area contributed by atoms with Crippen LogP contribution < -0.4 is 0 Å². The number of rotatable bonds is 4. The minimum atomic E-state index is 0.0287. The van der Waals surface area contributed by atoms with E-state index in [1.165, 1.54) is 0 Å². The smallest absolute Gasteiger partial charge is 0.246 e. The highest BCUT2D eigenvalue weighted by molar-refractivity contribution is 5.91. The highest BCUT2D eigenvalue weighted by Crippen LogP contribution is 2.16. The van der Waals surface area contributed by atoms with Gasteiger partial charge >= 0.3 is 0 Å². The number of aryl methyl sites for hydroxylation is 3. The highest BCUT2D eigenvalue weighted by atomic mass is 16.5. The average Bonchev–Trinajstić information content (AvgIpc) is 3.13. The highest BCUT2D eigenvalue weighted by Gasteiger charge is 2.21. The van der Waals surface area contributed by atoms with E-state index in [0.29, 0.717) is 5.76 Å². The Bertz CT molecular complexity index is 717. The molecule has 0 atom stereocenters. The molecule has 128 valence electrons. The maximum Gasteiger partial charge on any atom is 0.246 e. The van der Waals surface area contributed by atoms with Crippen LogP contribution in [0.3, 0.4) is 0 Å². The van der Waals surface area contributed by atoms with Crippen LogP contribution in [0.2, 0.25) is 0 Å². The predicted molar refractivity (Wildman–Crippen MR) is 90.3 cm³/mol. The Kier molecular flexibility index (Phi) is 4.85. The second-order valence-corrected chi connectivity index (χ2v) is 6.19. The Morgan fingerprint density at radius 1 is 1.21 bits per heavy atom. The molecule has 0 N–H and O–H groups in total. The van der Waals surface area contributed by atoms with Crippen molar-refractivity contribution in [2.24, 2.45) is 0 Å². The molecule has 24 heavy (non-hydrogen) atoms. The molecule has 0 radical (unpaired) electrons. The molecule has 0 aromatic carbocycles. The van der Waals surface area contributed by atoms with Gasteiger partial charge in [0, 0.05) is 44.4 Å². The molecule has 3 heterocycles. The summed E-state index contributed by atoms with van der Waals surface area (Å²) >= 11 is 0. The molecule has 1 aliphatic heterocycles. The zero-order valence-electron chi connectivity index (χ0n) is 14.4. The number of aromatic nitrogens is 1. The van der Waals surface area contributed by atoms with Gasteiger partial charge in [-0.15, -0.1) is 0 Å². The fourth-order valence-corrected chi connectivity index (χ4v) is 2.88. The summed E-state index contributed by atoms with van der Waals surface area (Å²) < 4.78 is 10.7. The second-order valence-electron chi connectivity index (χ2n) is 6.19. The van der Waals surface area contributed by atoms with Crippen LogP contribution in [0, 0.1) is 20.8 Å². The summed E-state index contributed by atoms with van der Waals surface area (Å²) in [6.07, 6.45) is 3.31. The number of amides is 1. The Hall–Kier alpha value is -2.34. The summed E-state index contributed by atoms with van der Waals surface area (Å²) in [6.45, 7) is 9.77. The zero-order chi connectivity index (χ0) is 17.1. The van der Waals surface area contributed by atoms with Gasteiger partial charge in [0.25, 0.3) is 0 Å². The maximum atomic E-state index is 12.3. The van der Waals surface area contributed by atoms with Gasteiger partial charge in [-0.3, -0.25) is 9.69 Å². The van der Waals surface area contributed by atoms with Crippen molar-refractivity contribution in [2.75, 3.05) is 26.2 Å². The molecule has 1 saturated heterocycles. The third-order valence-electron chi connectivity index (χ3n) is 4.40. The van der Waals surface area contributed by atoms with E-state index in [4.69, 9.17) is 8.94 Å². The lowest BCUT2D eigenvalue weighted by atomic mass is 10.2. The molecule has 2 aromatic heterocycles. The lowest BCUT2D eigenvalue weighted by molar-refractivity contribution is -0.127. The Morgan fingerprint density at radius 3 is 2.54 bits per heavy atom. The van der Waals surface area contributed by atoms with Crippen molar-refractivity contribution >= 4 is 12.0 Å². The van der Waals surface area contributed by atoms with Gasteiger partial charge in [-0.05, 0) is 39.0 Å². The molecule has 2 aromatic rings. The van der Waals surface area contributed by atoms with E-state index in [-0.39, 0.29) is 5.91 Å². The van der Waals surface area contributed by atoms with Crippen molar-refractivity contribution in [3.63, 3.8) is 0 Å². The molecular weight excluding hydrogens is 306 g/mol. The molecule has 6 nitrogen and oxygen atoms in total. The lowest BCUT2D eigenvalue weighted by Crippen LogP contribution is -2.47. The molecule has 6 heteroatoms. The van der Waals surface area contributed by atoms with E-state index >= 15 is 0 Å². The largest absolute Gasteiger partial charge is 0.462 e. The summed E-state index contributed by atoms with van der Waals surface area (Å²) in [4.78, 5) is 16.5. The van der Waals surface area contributed by atoms with Crippen LogP contribution in [-0.2, 0) is 11.3 Å². The number of hydrogen-bond donors (Lipinski definition) is 0. The predicted octanol–water partition coefficient (Wildman–Crippen LogP) is 2.55. The van der Waals surface area contributed by atoms with Crippen molar-refractivity contribution in [1.82, 2.24) is 15.0 Å². The molecule has 1 amide bonds. The fraction of sp³-hybridized carbons (Fsp3) is 0.444. The summed E-state index contributed by atoms with van der Waals surface area (Å²) in [5, 5.41) is 4.00. The van der Waals surface area contributed by atoms with E-state index in [1.54, 1.807) is 12.2 Å². The average molecular weight is 329 g/mol. The Balaban J connectivity index is 1.51. The van der Waals surface area contributed by atoms with Crippen LogP contribution in [-0.4, -0.2) is 47.0 Å². The molecular formula is C18H23N3O3. The number of carbonyl (C=O) groups excluding carboxylic acids is 1. The quantitative estimate of drug-likeness (QED) is 0.807. The van der Waals surface area contributed by atoms with Gasteiger partial charge in [0.15, 0.2) is 0 Å². The van der Waals surface area contributed by atoms with Gasteiger partial charge in [-0.2, -0.15) is 0 Å². The minimum absolute atomic E-state index is 0.0287. The van der Waals surface area contributed by atoms with Gasteiger partial charge in [0.05, 0.1) is 5.69 Å². The van der Waals surface area contributed by atoms with Crippen LogP contribution in [0.15, 0.2) is 27.1 Å². The first-order valence-corrected chi connectivity index (χ1v) is 8.20. The number of carbonyl (C=O) groups is 1. The van der Waals surface area contributed by atoms with Crippen LogP contribution in [0.4, 0.5) is 0 Å². The zero-order valence-corrected chi connectivity index (χ0v) is 14.4. The summed E-state index contributed by atoms with van der Waals surface area (Å²) in [5.41, 5.74) is 2.10. The van der Waals surface area contributed by atoms with Crippen molar-refractivity contribution in [2.45, 2.75) is 27.3 Å². The summed E-state index contributed by atoms with van der Waals surface area (Å²) in [7, 11) is 0. The standard InChI is InChI=1S/C18H23N3O3/c1-13-4-5-16(23-13)6-7-18(22)21-10-8-20(9-11-21)12-17-14(2)19-24-15(17)3/h4-7H,8-12H2,1-3H3. The molecule has 1 fully saturated rings. The second kappa shape index (κ2) is 7.05. The van der Waals surface area contributed by atoms with Crippen LogP contribution in [0.1, 0.15) is 28.5 Å². The Labute approximate surface area is 141 Å². The monoisotopic (exact) mass is 329 g/mol. The topological polar surface area (TPSA) is 62.7 Å². The number of furan rings is 1. The fourth-order valence-electron chi connectivity index (χ4n) is 2.88. The molecule has 0 bridgehead atoms. The SMILES string of the molecule is Cc1ccc(C=CC(=O)N2CCN(Cc3c(C)noc3C)CC2)o1. The van der Waals surface area contributed by atoms with Gasteiger partial charge in [0.2, 0.25) is 5.91 Å². The van der Waals surface area contributed by atoms with Crippen molar-refractivity contribution in [3.05, 3.63) is 46.7 Å². The summed E-state index contributed by atoms with van der Waals surface area (Å²) in [6, 6.07) is 3.75. The van der Waals surface area contributed by atoms with E-state index in [1.807, 2.05) is 37.8 Å². The first kappa shape index (κ1) is 16.5. The van der Waals surface area contributed by atoms with Crippen LogP contribution in [0.5, 0.6) is 0 Å². The lowest BCUT2D eigenvalue weighted by Gasteiger charge is -2.34. The molecule has 1 aliphatic rings. The molecule has 0 aliphatic carbocycles. The van der Waals surface area contributed by atoms with Gasteiger partial charge in [-0.1, -0.05) is 5.16 Å². The Morgan fingerprint density at radius 2 is 1.96 bits per heavy atom. The molecule has 0 unspecified atom stereocenters. The minimum Gasteiger partial charge on any atom is -0.462 e. The number of hydrogen-bond acceptors (Lipinski definition) is 5. The normalized spacial score (nSPS) is 16.2. The maximum absolute atomic E-state index is 12.3. The van der Waals surface area contributed by atoms with E-state index in [2.05, 4.69) is 10.1 Å². The van der Waals surface area contributed by atoms with Crippen molar-refractivity contribution < 1.29 is 13.7 Å². The van der Waals surface area contributed by atoms with Gasteiger partial charge < -0.3 is 13.8 Å². The van der Waals surface area contributed by atoms with Crippen LogP contribution in [0.25, 0.3) is 6.08 Å². The van der Waals surface area contributed by atoms with Crippen molar-refractivity contribution in [1.29, 1.82) is 0 Å². The summed E-state index contributed by atoms with van der Waals surface area (Å²) in [5.74, 6) is 2.46. The van der Waals surface area contributed by atoms with E-state index < -0.39 is 0 Å². The van der Waals surface area contributed by atoms with E-state index in [9.17, 15) is 4.79 Å². The third-order valence-corrected chi connectivity index (χ3v) is 4.40. The molecule has 0 spiro atoms. The first-order valence-electron chi connectivity index (χ1n) is 8.20.